The third-order valence-corrected chi connectivity index (χ3v) is 3.03. The number of aromatic nitrogens is 1. The number of likely N-dealkylation sites (N-methyl/N-ethyl adjacent to an activating group) is 1. The zero-order valence-electron chi connectivity index (χ0n) is 10.6. The van der Waals surface area contributed by atoms with Crippen molar-refractivity contribution in [2.24, 2.45) is 0 Å². The molecule has 16 heavy (non-hydrogen) atoms. The molecule has 3 nitrogen and oxygen atoms in total. The third kappa shape index (κ3) is 3.58. The summed E-state index contributed by atoms with van der Waals surface area (Å²) in [5.74, 6) is 0. The predicted molar refractivity (Wildman–Crippen MR) is 66.2 cm³/mol. The van der Waals surface area contributed by atoms with Gasteiger partial charge in [-0.1, -0.05) is 13.0 Å². The lowest BCUT2D eigenvalue weighted by molar-refractivity contribution is 0.0659. The van der Waals surface area contributed by atoms with Crippen LogP contribution in [0, 0.1) is 6.92 Å². The molecule has 90 valence electrons. The molecule has 1 aromatic heterocycles. The van der Waals surface area contributed by atoms with Crippen LogP contribution in [0.1, 0.15) is 31.7 Å². The van der Waals surface area contributed by atoms with Gasteiger partial charge in [0.25, 0.3) is 0 Å². The molecule has 1 rings (SSSR count). The van der Waals surface area contributed by atoms with Crippen LogP contribution >= 0.6 is 0 Å². The largest absolute Gasteiger partial charge is 0.392 e. The number of hydrogen-bond donors (Lipinski definition) is 1. The summed E-state index contributed by atoms with van der Waals surface area (Å²) in [7, 11) is 2.02. The highest BCUT2D eigenvalue weighted by molar-refractivity contribution is 5.09. The van der Waals surface area contributed by atoms with E-state index in [4.69, 9.17) is 0 Å². The molecule has 1 aromatic rings. The summed E-state index contributed by atoms with van der Waals surface area (Å²) in [6.45, 7) is 6.82. The van der Waals surface area contributed by atoms with E-state index in [-0.39, 0.29) is 12.1 Å². The van der Waals surface area contributed by atoms with Crippen LogP contribution in [0.2, 0.25) is 0 Å². The quantitative estimate of drug-likeness (QED) is 0.827. The maximum Gasteiger partial charge on any atom is 0.0690 e. The normalized spacial score (nSPS) is 15.1. The highest BCUT2D eigenvalue weighted by Gasteiger charge is 2.17. The van der Waals surface area contributed by atoms with E-state index in [1.807, 2.05) is 46.0 Å². The van der Waals surface area contributed by atoms with Crippen LogP contribution in [-0.2, 0) is 6.54 Å². The molecule has 2 unspecified atom stereocenters. The van der Waals surface area contributed by atoms with Crippen molar-refractivity contribution < 1.29 is 5.11 Å². The Hall–Kier alpha value is -0.930. The van der Waals surface area contributed by atoms with Crippen molar-refractivity contribution in [1.29, 1.82) is 0 Å². The number of nitrogens with zero attached hydrogens (tertiary/aromatic N) is 2. The maximum absolute atomic E-state index is 9.77. The summed E-state index contributed by atoms with van der Waals surface area (Å²) in [6, 6.07) is 6.20. The van der Waals surface area contributed by atoms with Crippen LogP contribution in [0.5, 0.6) is 0 Å². The molecule has 0 fully saturated rings. The number of aryl methyl sites for hydroxylation is 1. The zero-order chi connectivity index (χ0) is 12.1. The first kappa shape index (κ1) is 13.1. The minimum atomic E-state index is -0.269. The first-order valence-electron chi connectivity index (χ1n) is 5.85. The third-order valence-electron chi connectivity index (χ3n) is 3.03. The lowest BCUT2D eigenvalue weighted by atomic mass is 10.1. The van der Waals surface area contributed by atoms with Gasteiger partial charge in [0.2, 0.25) is 0 Å². The van der Waals surface area contributed by atoms with Gasteiger partial charge in [0.1, 0.15) is 0 Å². The van der Waals surface area contributed by atoms with Crippen LogP contribution < -0.4 is 0 Å². The molecule has 0 aromatic carbocycles. The molecule has 1 heterocycles. The fourth-order valence-corrected chi connectivity index (χ4v) is 1.72. The molecule has 3 heteroatoms. The minimum absolute atomic E-state index is 0.160. The molecule has 0 aliphatic carbocycles. The topological polar surface area (TPSA) is 36.4 Å². The standard InChI is InChI=1S/C13H22N2O/c1-5-13(16)11(3)15(4)9-12-8-6-7-10(2)14-12/h6-8,11,13,16H,5,9H2,1-4H3. The van der Waals surface area contributed by atoms with E-state index < -0.39 is 0 Å². The fourth-order valence-electron chi connectivity index (χ4n) is 1.72. The number of aliphatic hydroxyl groups excluding tert-OH is 1. The Balaban J connectivity index is 2.60. The fraction of sp³-hybridized carbons (Fsp3) is 0.615. The van der Waals surface area contributed by atoms with Crippen molar-refractivity contribution >= 4 is 0 Å². The van der Waals surface area contributed by atoms with Gasteiger partial charge in [0, 0.05) is 18.3 Å². The number of aliphatic hydroxyl groups is 1. The van der Waals surface area contributed by atoms with Crippen LogP contribution in [0.3, 0.4) is 0 Å². The van der Waals surface area contributed by atoms with E-state index >= 15 is 0 Å². The molecule has 0 saturated heterocycles. The Labute approximate surface area is 98.1 Å². The lowest BCUT2D eigenvalue weighted by Gasteiger charge is -2.28. The Morgan fingerprint density at radius 2 is 2.12 bits per heavy atom. The van der Waals surface area contributed by atoms with Crippen molar-refractivity contribution in [3.8, 4) is 0 Å². The summed E-state index contributed by atoms with van der Waals surface area (Å²) < 4.78 is 0. The second-order valence-electron chi connectivity index (χ2n) is 4.40. The van der Waals surface area contributed by atoms with E-state index in [1.165, 1.54) is 0 Å². The van der Waals surface area contributed by atoms with Crippen LogP contribution in [-0.4, -0.2) is 34.2 Å². The summed E-state index contributed by atoms with van der Waals surface area (Å²) in [5.41, 5.74) is 2.09. The molecule has 0 saturated carbocycles. The first-order chi connectivity index (χ1) is 7.54. The molecule has 2 atom stereocenters. The van der Waals surface area contributed by atoms with Gasteiger partial charge in [-0.05, 0) is 39.4 Å². The Kier molecular flexibility index (Phi) is 4.90. The molecule has 0 aliphatic rings. The van der Waals surface area contributed by atoms with Gasteiger partial charge in [0.15, 0.2) is 0 Å². The summed E-state index contributed by atoms with van der Waals surface area (Å²) >= 11 is 0. The van der Waals surface area contributed by atoms with E-state index in [0.717, 1.165) is 24.4 Å². The molecule has 1 N–H and O–H groups in total. The van der Waals surface area contributed by atoms with Gasteiger partial charge in [-0.25, -0.2) is 0 Å². The average Bonchev–Trinajstić information content (AvgIpc) is 2.27. The second kappa shape index (κ2) is 5.97. The molecular formula is C13H22N2O. The first-order valence-corrected chi connectivity index (χ1v) is 5.85. The molecule has 0 amide bonds. The van der Waals surface area contributed by atoms with E-state index in [0.29, 0.717) is 0 Å². The Morgan fingerprint density at radius 3 is 2.69 bits per heavy atom. The van der Waals surface area contributed by atoms with Gasteiger partial charge in [-0.2, -0.15) is 0 Å². The van der Waals surface area contributed by atoms with Crippen molar-refractivity contribution in [1.82, 2.24) is 9.88 Å². The molecule has 0 aliphatic heterocycles. The van der Waals surface area contributed by atoms with E-state index in [9.17, 15) is 5.11 Å². The van der Waals surface area contributed by atoms with Gasteiger partial charge in [0.05, 0.1) is 11.8 Å². The smallest absolute Gasteiger partial charge is 0.0690 e. The van der Waals surface area contributed by atoms with Gasteiger partial charge in [-0.3, -0.25) is 9.88 Å². The molecular weight excluding hydrogens is 200 g/mol. The van der Waals surface area contributed by atoms with E-state index in [1.54, 1.807) is 0 Å². The number of hydrogen-bond acceptors (Lipinski definition) is 3. The van der Waals surface area contributed by atoms with Gasteiger partial charge in [-0.15, -0.1) is 0 Å². The Morgan fingerprint density at radius 1 is 1.44 bits per heavy atom. The van der Waals surface area contributed by atoms with Crippen molar-refractivity contribution in [3.63, 3.8) is 0 Å². The monoisotopic (exact) mass is 222 g/mol. The van der Waals surface area contributed by atoms with E-state index in [2.05, 4.69) is 9.88 Å². The molecule has 0 radical (unpaired) electrons. The summed E-state index contributed by atoms with van der Waals surface area (Å²) in [5, 5.41) is 9.77. The van der Waals surface area contributed by atoms with Crippen LogP contribution in [0.4, 0.5) is 0 Å². The number of pyridine rings is 1. The van der Waals surface area contributed by atoms with Gasteiger partial charge >= 0.3 is 0 Å². The predicted octanol–water partition coefficient (Wildman–Crippen LogP) is 1.98. The SMILES string of the molecule is CCC(O)C(C)N(C)Cc1cccc(C)n1. The second-order valence-corrected chi connectivity index (χ2v) is 4.40. The van der Waals surface area contributed by atoms with Crippen LogP contribution in [0.25, 0.3) is 0 Å². The maximum atomic E-state index is 9.77. The van der Waals surface area contributed by atoms with Crippen molar-refractivity contribution in [2.45, 2.75) is 45.9 Å². The summed E-state index contributed by atoms with van der Waals surface area (Å²) in [4.78, 5) is 6.59. The van der Waals surface area contributed by atoms with Crippen molar-refractivity contribution in [2.75, 3.05) is 7.05 Å². The summed E-state index contributed by atoms with van der Waals surface area (Å²) in [6.07, 6.45) is 0.516. The average molecular weight is 222 g/mol. The van der Waals surface area contributed by atoms with Crippen molar-refractivity contribution in [3.05, 3.63) is 29.6 Å². The molecule has 0 bridgehead atoms. The zero-order valence-corrected chi connectivity index (χ0v) is 10.6. The van der Waals surface area contributed by atoms with Crippen LogP contribution in [0.15, 0.2) is 18.2 Å². The highest BCUT2D eigenvalue weighted by Crippen LogP contribution is 2.09. The Bertz CT molecular complexity index is 327. The lowest BCUT2D eigenvalue weighted by Crippen LogP contribution is -2.38. The number of rotatable bonds is 5. The van der Waals surface area contributed by atoms with Gasteiger partial charge < -0.3 is 5.11 Å². The minimum Gasteiger partial charge on any atom is -0.392 e. The molecule has 0 spiro atoms. The highest BCUT2D eigenvalue weighted by atomic mass is 16.3.